The van der Waals surface area contributed by atoms with E-state index in [9.17, 15) is 9.59 Å². The Morgan fingerprint density at radius 1 is 1.44 bits per heavy atom. The first-order valence-corrected chi connectivity index (χ1v) is 4.93. The first-order chi connectivity index (χ1) is 7.47. The number of nitrogens with zero attached hydrogens (tertiary/aromatic N) is 1. The molecule has 1 aromatic rings. The van der Waals surface area contributed by atoms with Gasteiger partial charge in [-0.15, -0.1) is 0 Å². The Bertz CT molecular complexity index is 471. The quantitative estimate of drug-likeness (QED) is 0.627. The summed E-state index contributed by atoms with van der Waals surface area (Å²) < 4.78 is 0. The van der Waals surface area contributed by atoms with Crippen LogP contribution in [0.3, 0.4) is 0 Å². The van der Waals surface area contributed by atoms with Crippen LogP contribution in [0.1, 0.15) is 41.3 Å². The summed E-state index contributed by atoms with van der Waals surface area (Å²) in [7, 11) is 0. The second kappa shape index (κ2) is 4.73. The lowest BCUT2D eigenvalue weighted by molar-refractivity contribution is 0.0696. The highest BCUT2D eigenvalue weighted by atomic mass is 16.4. The number of carboxylic acid groups (broad SMARTS) is 1. The molecule has 0 fully saturated rings. The first kappa shape index (κ1) is 12.1. The molecule has 0 saturated heterocycles. The van der Waals surface area contributed by atoms with Gasteiger partial charge in [0.1, 0.15) is 0 Å². The van der Waals surface area contributed by atoms with Gasteiger partial charge < -0.3 is 5.11 Å². The Kier molecular flexibility index (Phi) is 3.59. The Balaban J connectivity index is 3.50. The van der Waals surface area contributed by atoms with Crippen molar-refractivity contribution in [2.45, 2.75) is 26.7 Å². The average molecular weight is 219 g/mol. The van der Waals surface area contributed by atoms with Crippen LogP contribution < -0.4 is 0 Å². The summed E-state index contributed by atoms with van der Waals surface area (Å²) in [5, 5.41) is 9.02. The summed E-state index contributed by atoms with van der Waals surface area (Å²) in [6, 6.07) is 3.10. The molecule has 0 heterocycles. The molecule has 0 bridgehead atoms. The van der Waals surface area contributed by atoms with Gasteiger partial charge in [-0.05, 0) is 36.1 Å². The number of aliphatic imine (C=N–C) groups is 1. The largest absolute Gasteiger partial charge is 0.478 e. The molecule has 1 aromatic carbocycles. The zero-order valence-corrected chi connectivity index (χ0v) is 9.44. The van der Waals surface area contributed by atoms with Gasteiger partial charge in [-0.3, -0.25) is 0 Å². The highest BCUT2D eigenvalue weighted by Gasteiger charge is 2.14. The van der Waals surface area contributed by atoms with Gasteiger partial charge in [-0.25, -0.2) is 9.59 Å². The fraction of sp³-hybridized carbons (Fsp3) is 0.333. The lowest BCUT2D eigenvalue weighted by Gasteiger charge is -2.12. The van der Waals surface area contributed by atoms with Crippen molar-refractivity contribution in [2.75, 3.05) is 0 Å². The van der Waals surface area contributed by atoms with Crippen molar-refractivity contribution in [1.82, 2.24) is 0 Å². The lowest BCUT2D eigenvalue weighted by Crippen LogP contribution is -2.03. The van der Waals surface area contributed by atoms with Gasteiger partial charge in [0, 0.05) is 0 Å². The summed E-state index contributed by atoms with van der Waals surface area (Å²) >= 11 is 0. The SMILES string of the molecule is Cc1c(C(=O)O)cc(N=C=O)cc1C(C)C. The minimum Gasteiger partial charge on any atom is -0.478 e. The minimum absolute atomic E-state index is 0.180. The maximum absolute atomic E-state index is 11.0. The van der Waals surface area contributed by atoms with E-state index >= 15 is 0 Å². The zero-order valence-electron chi connectivity index (χ0n) is 9.44. The van der Waals surface area contributed by atoms with Crippen molar-refractivity contribution >= 4 is 17.7 Å². The summed E-state index contributed by atoms with van der Waals surface area (Å²) in [4.78, 5) is 24.7. The molecule has 84 valence electrons. The third-order valence-electron chi connectivity index (χ3n) is 2.46. The van der Waals surface area contributed by atoms with Crippen LogP contribution in [0, 0.1) is 6.92 Å². The average Bonchev–Trinajstić information content (AvgIpc) is 2.19. The van der Waals surface area contributed by atoms with E-state index in [1.807, 2.05) is 13.8 Å². The first-order valence-electron chi connectivity index (χ1n) is 4.93. The van der Waals surface area contributed by atoms with Crippen molar-refractivity contribution < 1.29 is 14.7 Å². The summed E-state index contributed by atoms with van der Waals surface area (Å²) in [5.74, 6) is -0.831. The minimum atomic E-state index is -1.01. The molecular formula is C12H13NO3. The van der Waals surface area contributed by atoms with Crippen LogP contribution in [0.15, 0.2) is 17.1 Å². The number of carbonyl (C=O) groups is 1. The number of rotatable bonds is 3. The van der Waals surface area contributed by atoms with E-state index in [1.165, 1.54) is 12.1 Å². The fourth-order valence-electron chi connectivity index (χ4n) is 1.66. The molecule has 0 saturated carbocycles. The molecule has 0 aliphatic rings. The number of carbonyl (C=O) groups excluding carboxylic acids is 1. The summed E-state index contributed by atoms with van der Waals surface area (Å²) in [6.45, 7) is 5.68. The molecular weight excluding hydrogens is 206 g/mol. The maximum atomic E-state index is 11.0. The van der Waals surface area contributed by atoms with Crippen LogP contribution in [0.4, 0.5) is 5.69 Å². The van der Waals surface area contributed by atoms with Gasteiger partial charge in [-0.2, -0.15) is 4.99 Å². The number of isocyanates is 1. The van der Waals surface area contributed by atoms with Crippen LogP contribution in [0.2, 0.25) is 0 Å². The molecule has 0 radical (unpaired) electrons. The number of aromatic carboxylic acids is 1. The van der Waals surface area contributed by atoms with Crippen molar-refractivity contribution in [3.8, 4) is 0 Å². The van der Waals surface area contributed by atoms with Crippen molar-refractivity contribution in [3.05, 3.63) is 28.8 Å². The molecule has 0 aliphatic heterocycles. The maximum Gasteiger partial charge on any atom is 0.336 e. The third kappa shape index (κ3) is 2.35. The highest BCUT2D eigenvalue weighted by molar-refractivity contribution is 5.91. The molecule has 1 rings (SSSR count). The van der Waals surface area contributed by atoms with E-state index in [0.717, 1.165) is 5.56 Å². The van der Waals surface area contributed by atoms with Crippen molar-refractivity contribution in [1.29, 1.82) is 0 Å². The molecule has 4 heteroatoms. The molecule has 0 atom stereocenters. The number of benzene rings is 1. The molecule has 0 amide bonds. The van der Waals surface area contributed by atoms with Crippen LogP contribution in [-0.2, 0) is 4.79 Å². The van der Waals surface area contributed by atoms with Gasteiger partial charge in [0.25, 0.3) is 0 Å². The Morgan fingerprint density at radius 2 is 2.06 bits per heavy atom. The molecule has 0 unspecified atom stereocenters. The summed E-state index contributed by atoms with van der Waals surface area (Å²) in [5.41, 5.74) is 2.11. The number of carboxylic acids is 1. The number of hydrogen-bond acceptors (Lipinski definition) is 3. The van der Waals surface area contributed by atoms with Gasteiger partial charge in [0.15, 0.2) is 0 Å². The second-order valence-electron chi connectivity index (χ2n) is 3.87. The van der Waals surface area contributed by atoms with Gasteiger partial charge >= 0.3 is 5.97 Å². The van der Waals surface area contributed by atoms with Gasteiger partial charge in [0.05, 0.1) is 11.3 Å². The van der Waals surface area contributed by atoms with E-state index in [0.29, 0.717) is 11.3 Å². The molecule has 1 N–H and O–H groups in total. The topological polar surface area (TPSA) is 66.7 Å². The predicted octanol–water partition coefficient (Wildman–Crippen LogP) is 2.78. The van der Waals surface area contributed by atoms with Crippen molar-refractivity contribution in [3.63, 3.8) is 0 Å². The van der Waals surface area contributed by atoms with E-state index in [2.05, 4.69) is 4.99 Å². The lowest BCUT2D eigenvalue weighted by atomic mass is 9.93. The van der Waals surface area contributed by atoms with Crippen LogP contribution >= 0.6 is 0 Å². The van der Waals surface area contributed by atoms with E-state index in [1.54, 1.807) is 13.0 Å². The smallest absolute Gasteiger partial charge is 0.336 e. The molecule has 0 aromatic heterocycles. The van der Waals surface area contributed by atoms with Crippen molar-refractivity contribution in [2.24, 2.45) is 4.99 Å². The number of hydrogen-bond donors (Lipinski definition) is 1. The van der Waals surface area contributed by atoms with Crippen LogP contribution in [-0.4, -0.2) is 17.2 Å². The Hall–Kier alpha value is -1.93. The molecule has 0 aliphatic carbocycles. The van der Waals surface area contributed by atoms with Gasteiger partial charge in [-0.1, -0.05) is 13.8 Å². The van der Waals surface area contributed by atoms with E-state index < -0.39 is 5.97 Å². The Labute approximate surface area is 93.6 Å². The monoisotopic (exact) mass is 219 g/mol. The predicted molar refractivity (Wildman–Crippen MR) is 60.0 cm³/mol. The third-order valence-corrected chi connectivity index (χ3v) is 2.46. The summed E-state index contributed by atoms with van der Waals surface area (Å²) in [6.07, 6.45) is 1.42. The zero-order chi connectivity index (χ0) is 12.3. The van der Waals surface area contributed by atoms with Crippen LogP contribution in [0.25, 0.3) is 0 Å². The van der Waals surface area contributed by atoms with Crippen LogP contribution in [0.5, 0.6) is 0 Å². The normalized spacial score (nSPS) is 10.0. The standard InChI is InChI=1S/C12H13NO3/c1-7(2)10-4-9(13-6-14)5-11(8(10)3)12(15)16/h4-5,7H,1-3H3,(H,15,16). The molecule has 4 nitrogen and oxygen atoms in total. The van der Waals surface area contributed by atoms with E-state index in [-0.39, 0.29) is 11.5 Å². The van der Waals surface area contributed by atoms with Gasteiger partial charge in [0.2, 0.25) is 6.08 Å². The second-order valence-corrected chi connectivity index (χ2v) is 3.87. The Morgan fingerprint density at radius 3 is 2.50 bits per heavy atom. The fourth-order valence-corrected chi connectivity index (χ4v) is 1.66. The molecule has 16 heavy (non-hydrogen) atoms. The van der Waals surface area contributed by atoms with E-state index in [4.69, 9.17) is 5.11 Å². The highest BCUT2D eigenvalue weighted by Crippen LogP contribution is 2.27. The molecule has 0 spiro atoms.